The number of aromatic nitrogens is 3. The number of rotatable bonds is 3. The van der Waals surface area contributed by atoms with E-state index in [9.17, 15) is 4.79 Å². The maximum Gasteiger partial charge on any atom is 0.240 e. The standard InChI is InChI=1S/C16H27N5O/c1-12(2)15(19-7-5-4-6-8-19)16(22)20-9-10-21-13(3)17-18-14(21)11-20/h12,15H,4-11H2,1-3H3/t15-/m1/s1. The third-order valence-electron chi connectivity index (χ3n) is 4.92. The minimum atomic E-state index is 0.0101. The Balaban J connectivity index is 1.73. The molecule has 6 nitrogen and oxygen atoms in total. The van der Waals surface area contributed by atoms with Crippen LogP contribution in [0.1, 0.15) is 44.8 Å². The molecule has 0 aliphatic carbocycles. The normalized spacial score (nSPS) is 21.0. The molecular formula is C16H27N5O. The Morgan fingerprint density at radius 2 is 1.77 bits per heavy atom. The van der Waals surface area contributed by atoms with Gasteiger partial charge in [-0.15, -0.1) is 10.2 Å². The van der Waals surface area contributed by atoms with Gasteiger partial charge in [-0.05, 0) is 38.8 Å². The summed E-state index contributed by atoms with van der Waals surface area (Å²) in [5.41, 5.74) is 0. The summed E-state index contributed by atoms with van der Waals surface area (Å²) >= 11 is 0. The highest BCUT2D eigenvalue weighted by atomic mass is 16.2. The zero-order valence-electron chi connectivity index (χ0n) is 14.0. The lowest BCUT2D eigenvalue weighted by Crippen LogP contribution is -2.54. The molecule has 0 radical (unpaired) electrons. The number of nitrogens with zero attached hydrogens (tertiary/aromatic N) is 5. The van der Waals surface area contributed by atoms with Gasteiger partial charge in [-0.25, -0.2) is 0 Å². The number of fused-ring (bicyclic) bond motifs is 1. The quantitative estimate of drug-likeness (QED) is 0.848. The number of carbonyl (C=O) groups is 1. The summed E-state index contributed by atoms with van der Waals surface area (Å²) in [4.78, 5) is 17.4. The van der Waals surface area contributed by atoms with Gasteiger partial charge in [0.15, 0.2) is 5.82 Å². The third kappa shape index (κ3) is 2.89. The number of aryl methyl sites for hydroxylation is 1. The van der Waals surface area contributed by atoms with Crippen molar-refractivity contribution in [3.63, 3.8) is 0 Å². The van der Waals surface area contributed by atoms with E-state index in [1.54, 1.807) is 0 Å². The van der Waals surface area contributed by atoms with Gasteiger partial charge in [0, 0.05) is 13.1 Å². The number of likely N-dealkylation sites (tertiary alicyclic amines) is 1. The van der Waals surface area contributed by atoms with E-state index in [1.807, 2.05) is 11.8 Å². The third-order valence-corrected chi connectivity index (χ3v) is 4.92. The molecule has 0 spiro atoms. The van der Waals surface area contributed by atoms with E-state index >= 15 is 0 Å². The van der Waals surface area contributed by atoms with Gasteiger partial charge in [0.25, 0.3) is 0 Å². The van der Waals surface area contributed by atoms with E-state index in [0.717, 1.165) is 37.8 Å². The highest BCUT2D eigenvalue weighted by molar-refractivity contribution is 5.82. The van der Waals surface area contributed by atoms with Gasteiger partial charge in [-0.1, -0.05) is 20.3 Å². The number of amides is 1. The van der Waals surface area contributed by atoms with Crippen LogP contribution >= 0.6 is 0 Å². The Labute approximate surface area is 132 Å². The van der Waals surface area contributed by atoms with E-state index in [2.05, 4.69) is 33.5 Å². The van der Waals surface area contributed by atoms with Crippen molar-refractivity contribution in [3.05, 3.63) is 11.6 Å². The molecule has 0 N–H and O–H groups in total. The number of hydrogen-bond acceptors (Lipinski definition) is 4. The van der Waals surface area contributed by atoms with Crippen LogP contribution in [0, 0.1) is 12.8 Å². The van der Waals surface area contributed by atoms with E-state index in [4.69, 9.17) is 0 Å². The second-order valence-corrected chi connectivity index (χ2v) is 6.86. The Hall–Kier alpha value is -1.43. The number of carbonyl (C=O) groups excluding carboxylic acids is 1. The summed E-state index contributed by atoms with van der Waals surface area (Å²) in [6, 6.07) is 0.0101. The monoisotopic (exact) mass is 305 g/mol. The maximum absolute atomic E-state index is 13.1. The Bertz CT molecular complexity index is 533. The lowest BCUT2D eigenvalue weighted by atomic mass is 9.97. The largest absolute Gasteiger partial charge is 0.332 e. The van der Waals surface area contributed by atoms with Crippen LogP contribution in [0.2, 0.25) is 0 Å². The first-order valence-corrected chi connectivity index (χ1v) is 8.49. The van der Waals surface area contributed by atoms with Crippen molar-refractivity contribution in [3.8, 4) is 0 Å². The molecule has 1 atom stereocenters. The molecule has 3 heterocycles. The Morgan fingerprint density at radius 1 is 1.05 bits per heavy atom. The van der Waals surface area contributed by atoms with Crippen LogP contribution < -0.4 is 0 Å². The van der Waals surface area contributed by atoms with Crippen LogP contribution in [0.4, 0.5) is 0 Å². The Kier molecular flexibility index (Phi) is 4.47. The molecular weight excluding hydrogens is 278 g/mol. The van der Waals surface area contributed by atoms with Crippen molar-refractivity contribution in [2.75, 3.05) is 19.6 Å². The van der Waals surface area contributed by atoms with Crippen molar-refractivity contribution >= 4 is 5.91 Å². The molecule has 2 aliphatic heterocycles. The predicted molar refractivity (Wildman–Crippen MR) is 84.2 cm³/mol. The summed E-state index contributed by atoms with van der Waals surface area (Å²) in [5, 5.41) is 8.34. The summed E-state index contributed by atoms with van der Waals surface area (Å²) in [6.07, 6.45) is 3.72. The molecule has 122 valence electrons. The van der Waals surface area contributed by atoms with Crippen molar-refractivity contribution in [2.24, 2.45) is 5.92 Å². The smallest absolute Gasteiger partial charge is 0.240 e. The zero-order valence-corrected chi connectivity index (χ0v) is 14.0. The van der Waals surface area contributed by atoms with Crippen LogP contribution in [0.25, 0.3) is 0 Å². The van der Waals surface area contributed by atoms with Gasteiger partial charge in [0.1, 0.15) is 5.82 Å². The van der Waals surface area contributed by atoms with E-state index in [0.29, 0.717) is 12.5 Å². The van der Waals surface area contributed by atoms with Crippen LogP contribution in [0.15, 0.2) is 0 Å². The topological polar surface area (TPSA) is 54.3 Å². The fourth-order valence-corrected chi connectivity index (χ4v) is 3.74. The van der Waals surface area contributed by atoms with Crippen molar-refractivity contribution in [2.45, 2.75) is 59.2 Å². The average Bonchev–Trinajstić information content (AvgIpc) is 2.89. The first-order valence-electron chi connectivity index (χ1n) is 8.49. The van der Waals surface area contributed by atoms with Gasteiger partial charge >= 0.3 is 0 Å². The summed E-state index contributed by atoms with van der Waals surface area (Å²) in [6.45, 7) is 10.6. The van der Waals surface area contributed by atoms with Crippen LogP contribution in [0.5, 0.6) is 0 Å². The van der Waals surface area contributed by atoms with Crippen LogP contribution in [-0.4, -0.2) is 56.1 Å². The van der Waals surface area contributed by atoms with Crippen molar-refractivity contribution in [1.29, 1.82) is 0 Å². The molecule has 1 amide bonds. The molecule has 22 heavy (non-hydrogen) atoms. The molecule has 1 fully saturated rings. The molecule has 1 aromatic rings. The lowest BCUT2D eigenvalue weighted by Gasteiger charge is -2.39. The summed E-state index contributed by atoms with van der Waals surface area (Å²) in [7, 11) is 0. The molecule has 0 aromatic carbocycles. The van der Waals surface area contributed by atoms with Crippen molar-refractivity contribution < 1.29 is 4.79 Å². The fourth-order valence-electron chi connectivity index (χ4n) is 3.74. The number of hydrogen-bond donors (Lipinski definition) is 0. The highest BCUT2D eigenvalue weighted by Gasteiger charge is 2.34. The van der Waals surface area contributed by atoms with Gasteiger partial charge in [-0.2, -0.15) is 0 Å². The first-order chi connectivity index (χ1) is 10.6. The van der Waals surface area contributed by atoms with E-state index in [1.165, 1.54) is 19.3 Å². The predicted octanol–water partition coefficient (Wildman–Crippen LogP) is 1.44. The molecule has 1 saturated heterocycles. The fraction of sp³-hybridized carbons (Fsp3) is 0.812. The second kappa shape index (κ2) is 6.36. The zero-order chi connectivity index (χ0) is 15.7. The molecule has 1 aromatic heterocycles. The van der Waals surface area contributed by atoms with E-state index < -0.39 is 0 Å². The van der Waals surface area contributed by atoms with Crippen LogP contribution in [-0.2, 0) is 17.9 Å². The van der Waals surface area contributed by atoms with Gasteiger partial charge in [-0.3, -0.25) is 9.69 Å². The summed E-state index contributed by atoms with van der Waals surface area (Å²) < 4.78 is 2.12. The molecule has 2 aliphatic rings. The lowest BCUT2D eigenvalue weighted by molar-refractivity contribution is -0.140. The first kappa shape index (κ1) is 15.5. The molecule has 3 rings (SSSR count). The second-order valence-electron chi connectivity index (χ2n) is 6.86. The molecule has 0 bridgehead atoms. The minimum absolute atomic E-state index is 0.0101. The minimum Gasteiger partial charge on any atom is -0.332 e. The van der Waals surface area contributed by atoms with Crippen molar-refractivity contribution in [1.82, 2.24) is 24.6 Å². The molecule has 0 unspecified atom stereocenters. The van der Waals surface area contributed by atoms with Gasteiger partial charge in [0.05, 0.1) is 12.6 Å². The molecule has 0 saturated carbocycles. The molecule has 6 heteroatoms. The van der Waals surface area contributed by atoms with Gasteiger partial charge < -0.3 is 9.47 Å². The SMILES string of the molecule is Cc1nnc2n1CCN(C(=O)[C@@H](C(C)C)N1CCCCC1)C2. The average molecular weight is 305 g/mol. The highest BCUT2D eigenvalue weighted by Crippen LogP contribution is 2.22. The maximum atomic E-state index is 13.1. The van der Waals surface area contributed by atoms with Gasteiger partial charge in [0.2, 0.25) is 5.91 Å². The Morgan fingerprint density at radius 3 is 2.45 bits per heavy atom. The summed E-state index contributed by atoms with van der Waals surface area (Å²) in [5.74, 6) is 2.47. The van der Waals surface area contributed by atoms with E-state index in [-0.39, 0.29) is 11.9 Å². The number of piperidine rings is 1. The van der Waals surface area contributed by atoms with Crippen LogP contribution in [0.3, 0.4) is 0 Å².